The van der Waals surface area contributed by atoms with Crippen molar-refractivity contribution in [2.75, 3.05) is 13.2 Å². The van der Waals surface area contributed by atoms with Crippen LogP contribution in [0.5, 0.6) is 0 Å². The molecule has 1 amide bonds. The van der Waals surface area contributed by atoms with Crippen molar-refractivity contribution in [3.05, 3.63) is 0 Å². The van der Waals surface area contributed by atoms with E-state index < -0.39 is 41.5 Å². The first-order valence-electron chi connectivity index (χ1n) is 7.78. The summed E-state index contributed by atoms with van der Waals surface area (Å²) in [7, 11) is 0. The maximum Gasteiger partial charge on any atom is 0.404 e. The lowest BCUT2D eigenvalue weighted by Crippen LogP contribution is -2.77. The van der Waals surface area contributed by atoms with E-state index in [1.807, 2.05) is 0 Å². The number of hydrogen-bond donors (Lipinski definition) is 5. The standard InChI is InChI=1S/C13H21N7O6/c1-5(21)26-7-3-19-9(14)17-6(4-25-11(16)22)8-13(19,12(7,2)23)20(24)10(15)18-8/h6-8,23-24H,3-4H2,1-2H3,(H2,14,17)(H2,15,18)(H2,16,22). The van der Waals surface area contributed by atoms with Crippen LogP contribution in [0.15, 0.2) is 9.98 Å². The highest BCUT2D eigenvalue weighted by Gasteiger charge is 2.75. The number of rotatable bonds is 3. The lowest BCUT2D eigenvalue weighted by molar-refractivity contribution is -0.231. The maximum absolute atomic E-state index is 11.4. The molecular formula is C13H21N7O6. The molecule has 3 heterocycles. The fourth-order valence-electron chi connectivity index (χ4n) is 3.95. The van der Waals surface area contributed by atoms with Crippen LogP contribution >= 0.6 is 0 Å². The van der Waals surface area contributed by atoms with Crippen molar-refractivity contribution in [1.82, 2.24) is 9.96 Å². The van der Waals surface area contributed by atoms with Crippen LogP contribution in [0.3, 0.4) is 0 Å². The molecule has 1 spiro atoms. The van der Waals surface area contributed by atoms with E-state index in [0.717, 1.165) is 0 Å². The first-order chi connectivity index (χ1) is 12.0. The molecule has 0 bridgehead atoms. The number of primary amides is 1. The number of guanidine groups is 2. The van der Waals surface area contributed by atoms with Crippen molar-refractivity contribution in [2.45, 2.75) is 43.3 Å². The van der Waals surface area contributed by atoms with Crippen molar-refractivity contribution >= 4 is 24.0 Å². The maximum atomic E-state index is 11.4. The van der Waals surface area contributed by atoms with Crippen LogP contribution < -0.4 is 17.2 Å². The summed E-state index contributed by atoms with van der Waals surface area (Å²) in [5.41, 5.74) is 13.2. The monoisotopic (exact) mass is 371 g/mol. The number of carbonyl (C=O) groups excluding carboxylic acids is 2. The van der Waals surface area contributed by atoms with Gasteiger partial charge in [-0.3, -0.25) is 10.0 Å². The minimum Gasteiger partial charge on any atom is -0.457 e. The van der Waals surface area contributed by atoms with Crippen molar-refractivity contribution in [3.63, 3.8) is 0 Å². The fraction of sp³-hybridized carbons (Fsp3) is 0.692. The Labute approximate surface area is 148 Å². The molecule has 0 aromatic carbocycles. The van der Waals surface area contributed by atoms with Crippen LogP contribution in [0.25, 0.3) is 0 Å². The Morgan fingerprint density at radius 2 is 2.00 bits per heavy atom. The Kier molecular flexibility index (Phi) is 3.88. The van der Waals surface area contributed by atoms with E-state index in [-0.39, 0.29) is 25.1 Å². The van der Waals surface area contributed by atoms with Gasteiger partial charge in [0.15, 0.2) is 12.1 Å². The van der Waals surface area contributed by atoms with Gasteiger partial charge in [0.1, 0.15) is 24.3 Å². The molecule has 0 radical (unpaired) electrons. The summed E-state index contributed by atoms with van der Waals surface area (Å²) in [6.07, 6.45) is -2.08. The summed E-state index contributed by atoms with van der Waals surface area (Å²) < 4.78 is 10.0. The van der Waals surface area contributed by atoms with E-state index in [1.54, 1.807) is 0 Å². The normalized spacial score (nSPS) is 38.2. The SMILES string of the molecule is CC(=O)OC1CN2C(N)=NC(COC(N)=O)C3N=C(N)N(O)C32C1(C)O. The molecule has 13 nitrogen and oxygen atoms in total. The van der Waals surface area contributed by atoms with E-state index >= 15 is 0 Å². The second kappa shape index (κ2) is 5.60. The van der Waals surface area contributed by atoms with Gasteiger partial charge in [-0.15, -0.1) is 0 Å². The summed E-state index contributed by atoms with van der Waals surface area (Å²) in [4.78, 5) is 32.1. The van der Waals surface area contributed by atoms with Gasteiger partial charge in [0.2, 0.25) is 11.6 Å². The molecule has 1 fully saturated rings. The molecule has 5 atom stereocenters. The lowest BCUT2D eigenvalue weighted by Gasteiger charge is -2.51. The molecule has 0 aromatic rings. The van der Waals surface area contributed by atoms with Gasteiger partial charge in [-0.1, -0.05) is 0 Å². The second-order valence-corrected chi connectivity index (χ2v) is 6.51. The molecule has 1 saturated heterocycles. The average molecular weight is 371 g/mol. The summed E-state index contributed by atoms with van der Waals surface area (Å²) >= 11 is 0. The van der Waals surface area contributed by atoms with Gasteiger partial charge < -0.3 is 36.7 Å². The third kappa shape index (κ3) is 2.17. The van der Waals surface area contributed by atoms with Gasteiger partial charge in [-0.2, -0.15) is 5.06 Å². The Bertz CT molecular complexity index is 709. The van der Waals surface area contributed by atoms with Crippen LogP contribution in [-0.2, 0) is 14.3 Å². The van der Waals surface area contributed by atoms with Crippen molar-refractivity contribution in [1.29, 1.82) is 0 Å². The minimum atomic E-state index is -1.85. The first kappa shape index (κ1) is 18.0. The number of hydroxylamine groups is 2. The second-order valence-electron chi connectivity index (χ2n) is 6.51. The highest BCUT2D eigenvalue weighted by atomic mass is 16.6. The molecule has 0 aliphatic carbocycles. The molecule has 3 aliphatic heterocycles. The number of ether oxygens (including phenoxy) is 2. The molecule has 0 saturated carbocycles. The van der Waals surface area contributed by atoms with Crippen LogP contribution in [0.1, 0.15) is 13.8 Å². The van der Waals surface area contributed by atoms with Crippen molar-refractivity contribution in [3.8, 4) is 0 Å². The first-order valence-corrected chi connectivity index (χ1v) is 7.78. The number of nitrogens with two attached hydrogens (primary N) is 3. The average Bonchev–Trinajstić information content (AvgIpc) is 2.92. The largest absolute Gasteiger partial charge is 0.457 e. The van der Waals surface area contributed by atoms with E-state index in [1.165, 1.54) is 18.7 Å². The molecule has 3 aliphatic rings. The van der Waals surface area contributed by atoms with E-state index in [9.17, 15) is 19.9 Å². The number of aliphatic hydroxyl groups is 1. The number of hydrogen-bond acceptors (Lipinski definition) is 12. The number of carbonyl (C=O) groups is 2. The third-order valence-electron chi connectivity index (χ3n) is 5.00. The summed E-state index contributed by atoms with van der Waals surface area (Å²) in [5, 5.41) is 22.5. The van der Waals surface area contributed by atoms with Crippen molar-refractivity contribution in [2.24, 2.45) is 27.2 Å². The van der Waals surface area contributed by atoms with Gasteiger partial charge in [-0.25, -0.2) is 14.8 Å². The summed E-state index contributed by atoms with van der Waals surface area (Å²) in [6, 6.07) is -1.85. The van der Waals surface area contributed by atoms with Crippen LogP contribution in [0.4, 0.5) is 4.79 Å². The zero-order chi connectivity index (χ0) is 19.4. The Morgan fingerprint density at radius 3 is 2.58 bits per heavy atom. The van der Waals surface area contributed by atoms with Crippen LogP contribution in [0, 0.1) is 0 Å². The zero-order valence-corrected chi connectivity index (χ0v) is 14.2. The van der Waals surface area contributed by atoms with E-state index in [0.29, 0.717) is 5.06 Å². The predicted molar refractivity (Wildman–Crippen MR) is 85.6 cm³/mol. The molecule has 13 heteroatoms. The van der Waals surface area contributed by atoms with Crippen molar-refractivity contribution < 1.29 is 29.4 Å². The minimum absolute atomic E-state index is 0.0539. The molecule has 144 valence electrons. The number of nitrogens with zero attached hydrogens (tertiary/aromatic N) is 4. The topological polar surface area (TPSA) is 202 Å². The Hall–Kier alpha value is -2.80. The van der Waals surface area contributed by atoms with Gasteiger partial charge in [0.05, 0.1) is 6.54 Å². The quantitative estimate of drug-likeness (QED) is 0.315. The van der Waals surface area contributed by atoms with Crippen LogP contribution in [-0.4, -0.2) is 86.9 Å². The molecule has 3 rings (SSSR count). The van der Waals surface area contributed by atoms with E-state index in [4.69, 9.17) is 26.7 Å². The van der Waals surface area contributed by atoms with Gasteiger partial charge in [0, 0.05) is 6.92 Å². The lowest BCUT2D eigenvalue weighted by atomic mass is 9.79. The predicted octanol–water partition coefficient (Wildman–Crippen LogP) is -3.14. The zero-order valence-electron chi connectivity index (χ0n) is 14.2. The third-order valence-corrected chi connectivity index (χ3v) is 5.00. The highest BCUT2D eigenvalue weighted by molar-refractivity contribution is 5.87. The molecule has 5 unspecified atom stereocenters. The molecule has 8 N–H and O–H groups in total. The summed E-state index contributed by atoms with van der Waals surface area (Å²) in [6.45, 7) is 2.21. The van der Waals surface area contributed by atoms with Gasteiger partial charge in [0.25, 0.3) is 0 Å². The number of amides is 1. The number of aliphatic imine (C=N–C) groups is 2. The Balaban J connectivity index is 2.09. The van der Waals surface area contributed by atoms with Gasteiger partial charge in [-0.05, 0) is 6.92 Å². The summed E-state index contributed by atoms with van der Waals surface area (Å²) in [5.74, 6) is -0.987. The van der Waals surface area contributed by atoms with E-state index in [2.05, 4.69) is 9.98 Å². The number of esters is 1. The Morgan fingerprint density at radius 1 is 1.35 bits per heavy atom. The highest BCUT2D eigenvalue weighted by Crippen LogP contribution is 2.50. The fourth-order valence-corrected chi connectivity index (χ4v) is 3.95. The smallest absolute Gasteiger partial charge is 0.404 e. The molecule has 0 aromatic heterocycles. The molecule has 26 heavy (non-hydrogen) atoms. The van der Waals surface area contributed by atoms with Crippen LogP contribution in [0.2, 0.25) is 0 Å². The molecular weight excluding hydrogens is 350 g/mol. The van der Waals surface area contributed by atoms with Gasteiger partial charge >= 0.3 is 12.1 Å².